The Morgan fingerprint density at radius 2 is 2.27 bits per heavy atom. The zero-order valence-corrected chi connectivity index (χ0v) is 8.50. The molecular formula is C11H13FO3. The van der Waals surface area contributed by atoms with Gasteiger partial charge in [-0.3, -0.25) is 0 Å². The van der Waals surface area contributed by atoms with E-state index in [0.717, 1.165) is 12.5 Å². The minimum Gasteiger partial charge on any atom is -0.478 e. The number of ether oxygens (including phenoxy) is 1. The Bertz CT molecular complexity index is 350. The number of halogens is 1. The molecule has 0 fully saturated rings. The van der Waals surface area contributed by atoms with Crippen molar-refractivity contribution in [2.45, 2.75) is 20.0 Å². The monoisotopic (exact) mass is 212 g/mol. The van der Waals surface area contributed by atoms with Gasteiger partial charge in [-0.1, -0.05) is 6.92 Å². The number of hydrogen-bond acceptors (Lipinski definition) is 2. The Hall–Kier alpha value is -1.42. The lowest BCUT2D eigenvalue weighted by Gasteiger charge is -2.05. The molecule has 0 saturated carbocycles. The largest absolute Gasteiger partial charge is 0.478 e. The van der Waals surface area contributed by atoms with Crippen LogP contribution in [0.15, 0.2) is 18.2 Å². The van der Waals surface area contributed by atoms with Crippen molar-refractivity contribution >= 4 is 5.97 Å². The molecule has 1 aromatic carbocycles. The van der Waals surface area contributed by atoms with Crippen molar-refractivity contribution in [3.8, 4) is 0 Å². The highest BCUT2D eigenvalue weighted by atomic mass is 19.1. The molecule has 4 heteroatoms. The number of carbonyl (C=O) groups is 1. The van der Waals surface area contributed by atoms with E-state index in [1.807, 2.05) is 6.92 Å². The van der Waals surface area contributed by atoms with Crippen LogP contribution in [-0.4, -0.2) is 17.7 Å². The van der Waals surface area contributed by atoms with Gasteiger partial charge in [0.2, 0.25) is 0 Å². The number of aromatic carboxylic acids is 1. The van der Waals surface area contributed by atoms with Crippen LogP contribution in [0.5, 0.6) is 0 Å². The highest BCUT2D eigenvalue weighted by molar-refractivity contribution is 5.87. The van der Waals surface area contributed by atoms with Crippen molar-refractivity contribution in [1.29, 1.82) is 0 Å². The number of carboxylic acids is 1. The number of hydrogen-bond donors (Lipinski definition) is 1. The second-order valence-electron chi connectivity index (χ2n) is 3.16. The number of rotatable bonds is 5. The molecule has 15 heavy (non-hydrogen) atoms. The van der Waals surface area contributed by atoms with E-state index in [0.29, 0.717) is 6.61 Å². The predicted octanol–water partition coefficient (Wildman–Crippen LogP) is 2.45. The summed E-state index contributed by atoms with van der Waals surface area (Å²) >= 11 is 0. The summed E-state index contributed by atoms with van der Waals surface area (Å²) in [5.41, 5.74) is 0.356. The second kappa shape index (κ2) is 5.46. The third kappa shape index (κ3) is 3.32. The smallest absolute Gasteiger partial charge is 0.335 e. The average Bonchev–Trinajstić information content (AvgIpc) is 2.20. The summed E-state index contributed by atoms with van der Waals surface area (Å²) < 4.78 is 18.3. The van der Waals surface area contributed by atoms with Crippen LogP contribution in [0.2, 0.25) is 0 Å². The molecule has 0 bridgehead atoms. The van der Waals surface area contributed by atoms with Gasteiger partial charge < -0.3 is 9.84 Å². The third-order valence-electron chi connectivity index (χ3n) is 1.90. The summed E-state index contributed by atoms with van der Waals surface area (Å²) in [6, 6.07) is 3.68. The first-order valence-electron chi connectivity index (χ1n) is 4.74. The van der Waals surface area contributed by atoms with Crippen molar-refractivity contribution in [2.75, 3.05) is 6.61 Å². The highest BCUT2D eigenvalue weighted by Gasteiger charge is 2.08. The Balaban J connectivity index is 2.76. The van der Waals surface area contributed by atoms with E-state index in [-0.39, 0.29) is 17.7 Å². The zero-order chi connectivity index (χ0) is 11.3. The molecule has 1 aromatic rings. The standard InChI is InChI=1S/C11H13FO3/c1-2-5-15-7-9-6-8(11(13)14)3-4-10(9)12/h3-4,6H,2,5,7H2,1H3,(H,13,14). The van der Waals surface area contributed by atoms with E-state index in [9.17, 15) is 9.18 Å². The van der Waals surface area contributed by atoms with Crippen molar-refractivity contribution < 1.29 is 19.0 Å². The SMILES string of the molecule is CCCOCc1cc(C(=O)O)ccc1F. The Kier molecular flexibility index (Phi) is 4.24. The summed E-state index contributed by atoms with van der Waals surface area (Å²) in [5, 5.41) is 8.71. The summed E-state index contributed by atoms with van der Waals surface area (Å²) in [4.78, 5) is 10.6. The van der Waals surface area contributed by atoms with Crippen molar-refractivity contribution in [1.82, 2.24) is 0 Å². The minimum atomic E-state index is -1.06. The second-order valence-corrected chi connectivity index (χ2v) is 3.16. The van der Waals surface area contributed by atoms with Gasteiger partial charge in [-0.15, -0.1) is 0 Å². The molecule has 0 heterocycles. The molecule has 0 aliphatic heterocycles. The van der Waals surface area contributed by atoms with Crippen molar-refractivity contribution in [3.05, 3.63) is 35.1 Å². The third-order valence-corrected chi connectivity index (χ3v) is 1.90. The molecule has 0 aliphatic rings. The van der Waals surface area contributed by atoms with E-state index in [4.69, 9.17) is 9.84 Å². The molecule has 0 aromatic heterocycles. The molecule has 0 aliphatic carbocycles. The fourth-order valence-corrected chi connectivity index (χ4v) is 1.14. The van der Waals surface area contributed by atoms with E-state index >= 15 is 0 Å². The Morgan fingerprint density at radius 1 is 1.53 bits per heavy atom. The Labute approximate surface area is 87.5 Å². The van der Waals surface area contributed by atoms with Crippen molar-refractivity contribution in [3.63, 3.8) is 0 Å². The van der Waals surface area contributed by atoms with Gasteiger partial charge in [0.25, 0.3) is 0 Å². The van der Waals surface area contributed by atoms with Crippen LogP contribution >= 0.6 is 0 Å². The summed E-state index contributed by atoms with van der Waals surface area (Å²) in [5.74, 6) is -1.50. The predicted molar refractivity (Wildman–Crippen MR) is 53.3 cm³/mol. The maximum atomic E-state index is 13.2. The number of benzene rings is 1. The maximum absolute atomic E-state index is 13.2. The minimum absolute atomic E-state index is 0.0755. The molecule has 0 unspecified atom stereocenters. The molecule has 3 nitrogen and oxygen atoms in total. The van der Waals surface area contributed by atoms with Crippen LogP contribution in [0, 0.1) is 5.82 Å². The maximum Gasteiger partial charge on any atom is 0.335 e. The Morgan fingerprint density at radius 3 is 2.87 bits per heavy atom. The van der Waals surface area contributed by atoms with Crippen LogP contribution in [0.3, 0.4) is 0 Å². The van der Waals surface area contributed by atoms with Crippen LogP contribution in [0.25, 0.3) is 0 Å². The van der Waals surface area contributed by atoms with E-state index in [2.05, 4.69) is 0 Å². The molecular weight excluding hydrogens is 199 g/mol. The van der Waals surface area contributed by atoms with Gasteiger partial charge in [0.15, 0.2) is 0 Å². The lowest BCUT2D eigenvalue weighted by Crippen LogP contribution is -2.02. The molecule has 0 amide bonds. The van der Waals surface area contributed by atoms with Gasteiger partial charge in [-0.2, -0.15) is 0 Å². The van der Waals surface area contributed by atoms with E-state index < -0.39 is 11.8 Å². The van der Waals surface area contributed by atoms with Crippen LogP contribution in [-0.2, 0) is 11.3 Å². The van der Waals surface area contributed by atoms with Gasteiger partial charge >= 0.3 is 5.97 Å². The first kappa shape index (κ1) is 11.7. The quantitative estimate of drug-likeness (QED) is 0.762. The molecule has 82 valence electrons. The van der Waals surface area contributed by atoms with E-state index in [1.165, 1.54) is 12.1 Å². The molecule has 0 saturated heterocycles. The lowest BCUT2D eigenvalue weighted by molar-refractivity contribution is 0.0696. The van der Waals surface area contributed by atoms with E-state index in [1.54, 1.807) is 0 Å². The fraction of sp³-hybridized carbons (Fsp3) is 0.364. The molecule has 0 spiro atoms. The van der Waals surface area contributed by atoms with Crippen LogP contribution < -0.4 is 0 Å². The summed E-state index contributed by atoms with van der Waals surface area (Å²) in [6.07, 6.45) is 0.847. The molecule has 0 atom stereocenters. The molecule has 1 N–H and O–H groups in total. The fourth-order valence-electron chi connectivity index (χ4n) is 1.14. The summed E-state index contributed by atoms with van der Waals surface area (Å²) in [7, 11) is 0. The topological polar surface area (TPSA) is 46.5 Å². The molecule has 0 radical (unpaired) electrons. The highest BCUT2D eigenvalue weighted by Crippen LogP contribution is 2.12. The number of carboxylic acid groups (broad SMARTS) is 1. The van der Waals surface area contributed by atoms with Gasteiger partial charge in [0.1, 0.15) is 5.82 Å². The normalized spacial score (nSPS) is 10.3. The van der Waals surface area contributed by atoms with Gasteiger partial charge in [-0.05, 0) is 24.6 Å². The zero-order valence-electron chi connectivity index (χ0n) is 8.50. The average molecular weight is 212 g/mol. The van der Waals surface area contributed by atoms with Crippen molar-refractivity contribution in [2.24, 2.45) is 0 Å². The first-order chi connectivity index (χ1) is 7.15. The van der Waals surface area contributed by atoms with Gasteiger partial charge in [0, 0.05) is 12.2 Å². The van der Waals surface area contributed by atoms with Crippen LogP contribution in [0.4, 0.5) is 4.39 Å². The van der Waals surface area contributed by atoms with Gasteiger partial charge in [-0.25, -0.2) is 9.18 Å². The summed E-state index contributed by atoms with van der Waals surface area (Å²) in [6.45, 7) is 2.60. The van der Waals surface area contributed by atoms with Crippen LogP contribution in [0.1, 0.15) is 29.3 Å². The molecule has 1 rings (SSSR count). The lowest BCUT2D eigenvalue weighted by atomic mass is 10.1. The first-order valence-corrected chi connectivity index (χ1v) is 4.74. The van der Waals surface area contributed by atoms with Gasteiger partial charge in [0.05, 0.1) is 12.2 Å².